The van der Waals surface area contributed by atoms with Crippen LogP contribution in [0.4, 0.5) is 15.9 Å². The maximum atomic E-state index is 13.6. The summed E-state index contributed by atoms with van der Waals surface area (Å²) < 4.78 is 13.6. The number of para-hydroxylation sites is 1. The Morgan fingerprint density at radius 3 is 2.64 bits per heavy atom. The van der Waals surface area contributed by atoms with E-state index in [1.807, 2.05) is 31.2 Å². The van der Waals surface area contributed by atoms with Crippen molar-refractivity contribution in [1.82, 2.24) is 15.3 Å². The number of aryl methyl sites for hydroxylation is 1. The molecular weight excluding hydrogens is 319 g/mol. The summed E-state index contributed by atoms with van der Waals surface area (Å²) in [5.74, 6) is -0.230. The fourth-order valence-corrected chi connectivity index (χ4v) is 2.31. The Labute approximate surface area is 145 Å². The lowest BCUT2D eigenvalue weighted by molar-refractivity contribution is 0.0945. The van der Waals surface area contributed by atoms with Crippen LogP contribution in [0.3, 0.4) is 0 Å². The van der Waals surface area contributed by atoms with Gasteiger partial charge in [-0.15, -0.1) is 0 Å². The van der Waals surface area contributed by atoms with Crippen LogP contribution in [0.1, 0.15) is 21.6 Å². The molecule has 0 aliphatic heterocycles. The molecule has 0 unspecified atom stereocenters. The summed E-state index contributed by atoms with van der Waals surface area (Å²) >= 11 is 0. The van der Waals surface area contributed by atoms with Gasteiger partial charge in [0.1, 0.15) is 23.7 Å². The van der Waals surface area contributed by atoms with Gasteiger partial charge in [0.15, 0.2) is 0 Å². The van der Waals surface area contributed by atoms with Crippen molar-refractivity contribution in [2.45, 2.75) is 13.5 Å². The van der Waals surface area contributed by atoms with Gasteiger partial charge in [0.05, 0.1) is 0 Å². The van der Waals surface area contributed by atoms with Crippen LogP contribution >= 0.6 is 0 Å². The molecule has 3 aromatic rings. The lowest BCUT2D eigenvalue weighted by Gasteiger charge is -2.10. The van der Waals surface area contributed by atoms with E-state index in [2.05, 4.69) is 20.6 Å². The number of aromatic nitrogens is 2. The number of anilines is 2. The largest absolute Gasteiger partial charge is 0.347 e. The zero-order valence-corrected chi connectivity index (χ0v) is 13.7. The topological polar surface area (TPSA) is 66.9 Å². The van der Waals surface area contributed by atoms with E-state index in [1.54, 1.807) is 24.3 Å². The highest BCUT2D eigenvalue weighted by Gasteiger charge is 2.10. The summed E-state index contributed by atoms with van der Waals surface area (Å²) in [6.07, 6.45) is 1.32. The van der Waals surface area contributed by atoms with E-state index in [0.717, 1.165) is 11.3 Å². The third-order valence-electron chi connectivity index (χ3n) is 3.70. The maximum absolute atomic E-state index is 13.6. The number of rotatable bonds is 5. The average Bonchev–Trinajstić information content (AvgIpc) is 2.63. The Hall–Kier alpha value is -3.28. The van der Waals surface area contributed by atoms with Crippen molar-refractivity contribution in [2.24, 2.45) is 0 Å². The van der Waals surface area contributed by atoms with Gasteiger partial charge >= 0.3 is 0 Å². The summed E-state index contributed by atoms with van der Waals surface area (Å²) in [6, 6.07) is 15.6. The van der Waals surface area contributed by atoms with Gasteiger partial charge in [-0.3, -0.25) is 4.79 Å². The average molecular weight is 336 g/mol. The summed E-state index contributed by atoms with van der Waals surface area (Å²) in [7, 11) is 0. The summed E-state index contributed by atoms with van der Waals surface area (Å²) in [6.45, 7) is 2.07. The Bertz CT molecular complexity index is 898. The second kappa shape index (κ2) is 7.53. The number of halogens is 1. The molecule has 2 N–H and O–H groups in total. The number of nitrogens with one attached hydrogen (secondary N) is 2. The normalized spacial score (nSPS) is 10.3. The first kappa shape index (κ1) is 16.6. The molecule has 126 valence electrons. The molecule has 0 aliphatic carbocycles. The zero-order valence-electron chi connectivity index (χ0n) is 13.7. The van der Waals surface area contributed by atoms with E-state index < -0.39 is 5.91 Å². The zero-order chi connectivity index (χ0) is 17.6. The van der Waals surface area contributed by atoms with Crippen molar-refractivity contribution < 1.29 is 9.18 Å². The minimum Gasteiger partial charge on any atom is -0.347 e. The fraction of sp³-hybridized carbons (Fsp3) is 0.105. The predicted molar refractivity (Wildman–Crippen MR) is 94.1 cm³/mol. The molecule has 0 aliphatic rings. The van der Waals surface area contributed by atoms with Crippen molar-refractivity contribution in [3.8, 4) is 0 Å². The first-order valence-corrected chi connectivity index (χ1v) is 7.80. The summed E-state index contributed by atoms with van der Waals surface area (Å²) in [4.78, 5) is 20.4. The van der Waals surface area contributed by atoms with Gasteiger partial charge in [-0.05, 0) is 24.6 Å². The molecule has 2 aromatic carbocycles. The molecule has 1 amide bonds. The molecule has 0 radical (unpaired) electrons. The van der Waals surface area contributed by atoms with Gasteiger partial charge in [-0.25, -0.2) is 14.4 Å². The van der Waals surface area contributed by atoms with Crippen LogP contribution in [0.15, 0.2) is 60.9 Å². The number of carbonyl (C=O) groups is 1. The predicted octanol–water partition coefficient (Wildman–Crippen LogP) is 3.60. The van der Waals surface area contributed by atoms with Gasteiger partial charge < -0.3 is 10.6 Å². The quantitative estimate of drug-likeness (QED) is 0.747. The van der Waals surface area contributed by atoms with E-state index >= 15 is 0 Å². The molecular formula is C19H17FN4O. The van der Waals surface area contributed by atoms with E-state index in [9.17, 15) is 9.18 Å². The minimum absolute atomic E-state index is 0.0933. The first-order chi connectivity index (χ1) is 12.1. The summed E-state index contributed by atoms with van der Waals surface area (Å²) in [5.41, 5.74) is 2.59. The van der Waals surface area contributed by atoms with Gasteiger partial charge in [0.2, 0.25) is 0 Å². The molecule has 1 aromatic heterocycles. The lowest BCUT2D eigenvalue weighted by atomic mass is 10.2. The van der Waals surface area contributed by atoms with E-state index in [4.69, 9.17) is 0 Å². The Kier molecular flexibility index (Phi) is 4.99. The van der Waals surface area contributed by atoms with Crippen molar-refractivity contribution in [3.05, 3.63) is 83.6 Å². The molecule has 0 atom stereocenters. The van der Waals surface area contributed by atoms with Crippen LogP contribution < -0.4 is 10.6 Å². The number of carbonyl (C=O) groups excluding carboxylic acids is 1. The molecule has 0 saturated carbocycles. The maximum Gasteiger partial charge on any atom is 0.270 e. The molecule has 6 heteroatoms. The summed E-state index contributed by atoms with van der Waals surface area (Å²) in [5, 5.41) is 5.82. The number of hydrogen-bond acceptors (Lipinski definition) is 4. The third kappa shape index (κ3) is 4.17. The molecule has 5 nitrogen and oxygen atoms in total. The van der Waals surface area contributed by atoms with Crippen LogP contribution in [-0.2, 0) is 6.54 Å². The van der Waals surface area contributed by atoms with Crippen LogP contribution in [0, 0.1) is 12.7 Å². The second-order valence-corrected chi connectivity index (χ2v) is 5.50. The molecule has 0 spiro atoms. The van der Waals surface area contributed by atoms with Crippen LogP contribution in [0.25, 0.3) is 0 Å². The second-order valence-electron chi connectivity index (χ2n) is 5.50. The van der Waals surface area contributed by atoms with Crippen molar-refractivity contribution in [3.63, 3.8) is 0 Å². The van der Waals surface area contributed by atoms with Crippen LogP contribution in [-0.4, -0.2) is 15.9 Å². The lowest BCUT2D eigenvalue weighted by Crippen LogP contribution is -2.24. The van der Waals surface area contributed by atoms with Crippen LogP contribution in [0.5, 0.6) is 0 Å². The highest BCUT2D eigenvalue weighted by Crippen LogP contribution is 2.18. The van der Waals surface area contributed by atoms with E-state index in [1.165, 1.54) is 12.4 Å². The molecule has 3 rings (SSSR count). The highest BCUT2D eigenvalue weighted by molar-refractivity contribution is 5.92. The Morgan fingerprint density at radius 1 is 1.08 bits per heavy atom. The number of hydrogen-bond donors (Lipinski definition) is 2. The molecule has 25 heavy (non-hydrogen) atoms. The van der Waals surface area contributed by atoms with E-state index in [-0.39, 0.29) is 18.1 Å². The number of nitrogens with zero attached hydrogens (tertiary/aromatic N) is 2. The van der Waals surface area contributed by atoms with Gasteiger partial charge in [-0.1, -0.05) is 36.4 Å². The van der Waals surface area contributed by atoms with Crippen molar-refractivity contribution in [1.29, 1.82) is 0 Å². The Morgan fingerprint density at radius 2 is 1.84 bits per heavy atom. The highest BCUT2D eigenvalue weighted by atomic mass is 19.1. The Balaban J connectivity index is 1.69. The van der Waals surface area contributed by atoms with Crippen molar-refractivity contribution >= 4 is 17.4 Å². The van der Waals surface area contributed by atoms with Gasteiger partial charge in [0, 0.05) is 23.9 Å². The van der Waals surface area contributed by atoms with Crippen molar-refractivity contribution in [2.75, 3.05) is 5.32 Å². The standard InChI is InChI=1S/C19H17FN4O/c1-13-6-2-5-9-16(13)24-18-10-17(22-12-23-18)19(25)21-11-14-7-3-4-8-15(14)20/h2-10,12H,11H2,1H3,(H,21,25)(H,22,23,24). The number of amides is 1. The minimum atomic E-state index is -0.390. The van der Waals surface area contributed by atoms with E-state index in [0.29, 0.717) is 11.4 Å². The first-order valence-electron chi connectivity index (χ1n) is 7.80. The molecule has 0 fully saturated rings. The number of benzene rings is 2. The SMILES string of the molecule is Cc1ccccc1Nc1cc(C(=O)NCc2ccccc2F)ncn1. The molecule has 0 bridgehead atoms. The van der Waals surface area contributed by atoms with Gasteiger partial charge in [-0.2, -0.15) is 0 Å². The fourth-order valence-electron chi connectivity index (χ4n) is 2.31. The molecule has 1 heterocycles. The smallest absolute Gasteiger partial charge is 0.270 e. The third-order valence-corrected chi connectivity index (χ3v) is 3.70. The monoisotopic (exact) mass is 336 g/mol. The molecule has 0 saturated heterocycles. The van der Waals surface area contributed by atoms with Crippen LogP contribution in [0.2, 0.25) is 0 Å². The van der Waals surface area contributed by atoms with Gasteiger partial charge in [0.25, 0.3) is 5.91 Å².